The average molecular weight is 230 g/mol. The third-order valence-corrected chi connectivity index (χ3v) is 3.36. The van der Waals surface area contributed by atoms with Gasteiger partial charge >= 0.3 is 5.97 Å². The van der Waals surface area contributed by atoms with Gasteiger partial charge in [0, 0.05) is 6.54 Å². The molecule has 17 heavy (non-hydrogen) atoms. The number of hydrogen-bond acceptors (Lipinski definition) is 3. The summed E-state index contributed by atoms with van der Waals surface area (Å²) in [4.78, 5) is 13.1. The second-order valence-electron chi connectivity index (χ2n) is 4.24. The summed E-state index contributed by atoms with van der Waals surface area (Å²) in [5, 5.41) is 18.7. The highest BCUT2D eigenvalue weighted by Crippen LogP contribution is 2.37. The van der Waals surface area contributed by atoms with Gasteiger partial charge < -0.3 is 5.11 Å². The third kappa shape index (κ3) is 1.74. The Kier molecular flexibility index (Phi) is 3.01. The van der Waals surface area contributed by atoms with Crippen LogP contribution in [0.2, 0.25) is 0 Å². The van der Waals surface area contributed by atoms with Gasteiger partial charge in [-0.2, -0.15) is 5.26 Å². The van der Waals surface area contributed by atoms with Crippen molar-refractivity contribution in [1.29, 1.82) is 5.26 Å². The molecule has 1 aliphatic heterocycles. The molecular weight excluding hydrogens is 216 g/mol. The molecular formula is C13H14N2O2. The van der Waals surface area contributed by atoms with E-state index < -0.39 is 11.5 Å². The molecule has 1 saturated heterocycles. The summed E-state index contributed by atoms with van der Waals surface area (Å²) in [6, 6.07) is 9.03. The highest BCUT2D eigenvalue weighted by Gasteiger charge is 2.47. The molecule has 0 unspecified atom stereocenters. The first-order valence-corrected chi connectivity index (χ1v) is 5.68. The highest BCUT2D eigenvalue weighted by atomic mass is 16.4. The maximum atomic E-state index is 11.7. The van der Waals surface area contributed by atoms with Gasteiger partial charge in [-0.3, -0.25) is 4.90 Å². The Hall–Kier alpha value is -2.02. The van der Waals surface area contributed by atoms with Gasteiger partial charge in [0.2, 0.25) is 0 Å². The number of likely N-dealkylation sites (tertiary alicyclic amines) is 1. The van der Waals surface area contributed by atoms with E-state index in [-0.39, 0.29) is 0 Å². The minimum Gasteiger partial charge on any atom is -0.479 e. The maximum Gasteiger partial charge on any atom is 0.334 e. The van der Waals surface area contributed by atoms with Crippen LogP contribution in [0.5, 0.6) is 0 Å². The number of benzene rings is 1. The van der Waals surface area contributed by atoms with Crippen molar-refractivity contribution in [3.63, 3.8) is 0 Å². The lowest BCUT2D eigenvalue weighted by Crippen LogP contribution is -2.52. The van der Waals surface area contributed by atoms with Gasteiger partial charge in [0.25, 0.3) is 0 Å². The molecule has 1 N–H and O–H groups in total. The van der Waals surface area contributed by atoms with Crippen molar-refractivity contribution in [3.05, 3.63) is 35.9 Å². The topological polar surface area (TPSA) is 64.3 Å². The number of rotatable bonds is 2. The Morgan fingerprint density at radius 3 is 2.65 bits per heavy atom. The first-order chi connectivity index (χ1) is 8.21. The Bertz CT molecular complexity index is 452. The predicted molar refractivity (Wildman–Crippen MR) is 61.9 cm³/mol. The summed E-state index contributed by atoms with van der Waals surface area (Å²) >= 11 is 0. The number of aliphatic carboxylic acids is 1. The zero-order valence-electron chi connectivity index (χ0n) is 9.47. The maximum absolute atomic E-state index is 11.7. The van der Waals surface area contributed by atoms with Crippen molar-refractivity contribution in [1.82, 2.24) is 4.90 Å². The predicted octanol–water partition coefficient (Wildman–Crippen LogP) is 1.93. The fourth-order valence-electron chi connectivity index (χ4n) is 2.47. The summed E-state index contributed by atoms with van der Waals surface area (Å²) in [6.07, 6.45) is 4.22. The molecule has 1 heterocycles. The lowest BCUT2D eigenvalue weighted by atomic mass is 9.81. The number of nitriles is 1. The van der Waals surface area contributed by atoms with Crippen LogP contribution in [-0.2, 0) is 10.3 Å². The lowest BCUT2D eigenvalue weighted by molar-refractivity contribution is -0.152. The quantitative estimate of drug-likeness (QED) is 0.788. The first kappa shape index (κ1) is 11.5. The molecule has 1 aromatic carbocycles. The van der Waals surface area contributed by atoms with Crippen LogP contribution in [-0.4, -0.2) is 22.5 Å². The van der Waals surface area contributed by atoms with Gasteiger partial charge in [0.05, 0.1) is 0 Å². The van der Waals surface area contributed by atoms with E-state index in [1.54, 1.807) is 12.1 Å². The van der Waals surface area contributed by atoms with Gasteiger partial charge in [-0.15, -0.1) is 0 Å². The normalized spacial score (nSPS) is 24.1. The van der Waals surface area contributed by atoms with Crippen LogP contribution < -0.4 is 0 Å². The highest BCUT2D eigenvalue weighted by molar-refractivity contribution is 5.81. The number of nitrogens with zero attached hydrogens (tertiary/aromatic N) is 2. The van der Waals surface area contributed by atoms with Crippen molar-refractivity contribution in [2.75, 3.05) is 6.54 Å². The van der Waals surface area contributed by atoms with E-state index in [9.17, 15) is 9.90 Å². The number of carboxylic acids is 1. The average Bonchev–Trinajstić information content (AvgIpc) is 2.39. The molecule has 1 fully saturated rings. The summed E-state index contributed by atoms with van der Waals surface area (Å²) in [6.45, 7) is 0.512. The standard InChI is InChI=1S/C13H14N2O2/c14-10-15-9-5-4-8-13(15,12(16)17)11-6-2-1-3-7-11/h1-3,6-7H,4-5,8-9H2,(H,16,17)/t13-/m1/s1. The molecule has 0 aliphatic carbocycles. The van der Waals surface area contributed by atoms with Crippen molar-refractivity contribution in [2.45, 2.75) is 24.8 Å². The number of piperidine rings is 1. The minimum atomic E-state index is -1.17. The van der Waals surface area contributed by atoms with E-state index in [1.165, 1.54) is 4.90 Å². The van der Waals surface area contributed by atoms with Gasteiger partial charge in [0.1, 0.15) is 0 Å². The van der Waals surface area contributed by atoms with Crippen molar-refractivity contribution < 1.29 is 9.90 Å². The van der Waals surface area contributed by atoms with Crippen LogP contribution in [0.1, 0.15) is 24.8 Å². The van der Waals surface area contributed by atoms with Crippen LogP contribution >= 0.6 is 0 Å². The van der Waals surface area contributed by atoms with Gasteiger partial charge in [-0.1, -0.05) is 30.3 Å². The summed E-state index contributed by atoms with van der Waals surface area (Å²) in [7, 11) is 0. The molecule has 2 rings (SSSR count). The van der Waals surface area contributed by atoms with Gasteiger partial charge in [-0.25, -0.2) is 4.79 Å². The second-order valence-corrected chi connectivity index (χ2v) is 4.24. The number of carbonyl (C=O) groups is 1. The summed E-state index contributed by atoms with van der Waals surface area (Å²) < 4.78 is 0. The SMILES string of the molecule is N#CN1CCCC[C@]1(C(=O)O)c1ccccc1. The van der Waals surface area contributed by atoms with Crippen LogP contribution in [0.3, 0.4) is 0 Å². The van der Waals surface area contributed by atoms with E-state index >= 15 is 0 Å². The van der Waals surface area contributed by atoms with E-state index in [4.69, 9.17) is 5.26 Å². The molecule has 1 aromatic rings. The van der Waals surface area contributed by atoms with Crippen LogP contribution in [0.15, 0.2) is 30.3 Å². The van der Waals surface area contributed by atoms with E-state index in [1.807, 2.05) is 24.4 Å². The monoisotopic (exact) mass is 230 g/mol. The van der Waals surface area contributed by atoms with Crippen molar-refractivity contribution in [2.24, 2.45) is 0 Å². The largest absolute Gasteiger partial charge is 0.479 e. The molecule has 4 nitrogen and oxygen atoms in total. The molecule has 4 heteroatoms. The zero-order chi connectivity index (χ0) is 12.3. The summed E-state index contributed by atoms with van der Waals surface area (Å²) in [5.74, 6) is -0.940. The van der Waals surface area contributed by atoms with E-state index in [0.717, 1.165) is 12.8 Å². The Labute approximate surface area is 100 Å². The molecule has 0 radical (unpaired) electrons. The molecule has 1 aliphatic rings. The molecule has 0 aromatic heterocycles. The van der Waals surface area contributed by atoms with Crippen molar-refractivity contribution in [3.8, 4) is 6.19 Å². The Morgan fingerprint density at radius 2 is 2.06 bits per heavy atom. The first-order valence-electron chi connectivity index (χ1n) is 5.68. The Morgan fingerprint density at radius 1 is 1.35 bits per heavy atom. The molecule has 88 valence electrons. The van der Waals surface area contributed by atoms with Crippen LogP contribution in [0.25, 0.3) is 0 Å². The zero-order valence-corrected chi connectivity index (χ0v) is 9.47. The number of carboxylic acid groups (broad SMARTS) is 1. The smallest absolute Gasteiger partial charge is 0.334 e. The fourth-order valence-corrected chi connectivity index (χ4v) is 2.47. The molecule has 0 saturated carbocycles. The van der Waals surface area contributed by atoms with Crippen LogP contribution in [0, 0.1) is 11.5 Å². The Balaban J connectivity index is 2.52. The minimum absolute atomic E-state index is 0.486. The number of hydrogen-bond donors (Lipinski definition) is 1. The summed E-state index contributed by atoms with van der Waals surface area (Å²) in [5.41, 5.74) is -0.484. The van der Waals surface area contributed by atoms with Crippen molar-refractivity contribution >= 4 is 5.97 Å². The third-order valence-electron chi connectivity index (χ3n) is 3.36. The molecule has 0 bridgehead atoms. The second kappa shape index (κ2) is 4.46. The van der Waals surface area contributed by atoms with E-state index in [2.05, 4.69) is 0 Å². The van der Waals surface area contributed by atoms with E-state index in [0.29, 0.717) is 18.5 Å². The lowest BCUT2D eigenvalue weighted by Gasteiger charge is -2.40. The molecule has 1 atom stereocenters. The van der Waals surface area contributed by atoms with Gasteiger partial charge in [0.15, 0.2) is 11.7 Å². The molecule has 0 spiro atoms. The van der Waals surface area contributed by atoms with Crippen LogP contribution in [0.4, 0.5) is 0 Å². The molecule has 0 amide bonds. The van der Waals surface area contributed by atoms with Gasteiger partial charge in [-0.05, 0) is 24.8 Å². The fraction of sp³-hybridized carbons (Fsp3) is 0.385.